The van der Waals surface area contributed by atoms with Crippen molar-refractivity contribution >= 4 is 22.1 Å². The average Bonchev–Trinajstić information content (AvgIpc) is 2.44. The van der Waals surface area contributed by atoms with Crippen molar-refractivity contribution in [2.45, 2.75) is 32.8 Å². The Balaban J connectivity index is 3.39. The fraction of sp³-hybridized carbons (Fsp3) is 0.857. The van der Waals surface area contributed by atoms with Crippen molar-refractivity contribution in [2.24, 2.45) is 0 Å². The van der Waals surface area contributed by atoms with Gasteiger partial charge in [-0.05, 0) is 20.8 Å². The molecule has 11 heteroatoms. The maximum atomic E-state index is 11.3. The van der Waals surface area contributed by atoms with E-state index in [9.17, 15) is 18.0 Å². The van der Waals surface area contributed by atoms with Crippen molar-refractivity contribution in [2.75, 3.05) is 45.3 Å². The molecule has 0 bridgehead atoms. The summed E-state index contributed by atoms with van der Waals surface area (Å²) in [5.74, 6) is -1.09. The predicted molar refractivity (Wildman–Crippen MR) is 89.9 cm³/mol. The lowest BCUT2D eigenvalue weighted by Gasteiger charge is -2.19. The number of nitrogens with one attached hydrogen (secondary N) is 2. The van der Waals surface area contributed by atoms with E-state index in [2.05, 4.69) is 10.6 Å². The van der Waals surface area contributed by atoms with Crippen molar-refractivity contribution in [3.8, 4) is 0 Å². The van der Waals surface area contributed by atoms with E-state index in [1.807, 2.05) is 0 Å². The molecule has 0 aromatic heterocycles. The Labute approximate surface area is 148 Å². The van der Waals surface area contributed by atoms with E-state index in [1.165, 1.54) is 0 Å². The molecule has 0 aliphatic carbocycles. The number of ether oxygens (including phenoxy) is 3. The van der Waals surface area contributed by atoms with Crippen LogP contribution in [-0.2, 0) is 29.1 Å². The molecule has 0 aliphatic rings. The summed E-state index contributed by atoms with van der Waals surface area (Å²) in [5, 5.41) is 5.01. The zero-order valence-electron chi connectivity index (χ0n) is 14.9. The quantitative estimate of drug-likeness (QED) is 0.314. The van der Waals surface area contributed by atoms with Gasteiger partial charge in [0.15, 0.2) is 0 Å². The molecule has 0 atom stereocenters. The molecule has 10 nitrogen and oxygen atoms in total. The van der Waals surface area contributed by atoms with Gasteiger partial charge in [-0.1, -0.05) is 0 Å². The van der Waals surface area contributed by atoms with Crippen molar-refractivity contribution in [3.63, 3.8) is 0 Å². The second-order valence-corrected chi connectivity index (χ2v) is 7.61. The highest BCUT2D eigenvalue weighted by Crippen LogP contribution is 2.05. The number of carbonyl (C=O) groups is 2. The van der Waals surface area contributed by atoms with Crippen LogP contribution in [0.1, 0.15) is 27.2 Å². The maximum absolute atomic E-state index is 11.3. The second kappa shape index (κ2) is 12.0. The number of amides is 2. The lowest BCUT2D eigenvalue weighted by Crippen LogP contribution is -2.34. The largest absolute Gasteiger partial charge is 0.444 e. The second-order valence-electron chi connectivity index (χ2n) is 6.04. The standard InChI is InChI=1S/C14H28N2O8S/c1-14(2,3)24-13(18)16-6-8-23-10-9-22-7-5-15-12(17)4-11-25(19,20)21/h4-11H2,1-3H3,(H,15,17)(H,16,18)(H,19,20,21). The van der Waals surface area contributed by atoms with Crippen LogP contribution >= 0.6 is 0 Å². The normalized spacial score (nSPS) is 11.8. The molecule has 0 aliphatic heterocycles. The van der Waals surface area contributed by atoms with E-state index in [4.69, 9.17) is 18.8 Å². The molecule has 2 amide bonds. The summed E-state index contributed by atoms with van der Waals surface area (Å²) in [6.07, 6.45) is -0.802. The maximum Gasteiger partial charge on any atom is 0.407 e. The molecule has 0 rings (SSSR count). The van der Waals surface area contributed by atoms with Crippen molar-refractivity contribution < 1.29 is 36.8 Å². The molecule has 0 saturated carbocycles. The molecule has 0 unspecified atom stereocenters. The molecule has 0 aromatic carbocycles. The topological polar surface area (TPSA) is 140 Å². The van der Waals surface area contributed by atoms with E-state index in [0.717, 1.165) is 0 Å². The highest BCUT2D eigenvalue weighted by molar-refractivity contribution is 7.85. The SMILES string of the molecule is CC(C)(C)OC(=O)NCCOCCOCCNC(=O)CCS(=O)(=O)O. The van der Waals surface area contributed by atoms with E-state index in [0.29, 0.717) is 26.4 Å². The van der Waals surface area contributed by atoms with Crippen LogP contribution in [0.2, 0.25) is 0 Å². The third kappa shape index (κ3) is 18.7. The minimum Gasteiger partial charge on any atom is -0.444 e. The highest BCUT2D eigenvalue weighted by atomic mass is 32.2. The van der Waals surface area contributed by atoms with Crippen LogP contribution in [0.5, 0.6) is 0 Å². The summed E-state index contributed by atoms with van der Waals surface area (Å²) in [6.45, 7) is 7.07. The summed E-state index contributed by atoms with van der Waals surface area (Å²) < 4.78 is 44.9. The molecule has 3 N–H and O–H groups in total. The summed E-state index contributed by atoms with van der Waals surface area (Å²) in [4.78, 5) is 22.6. The molecule has 148 valence electrons. The average molecular weight is 384 g/mol. The van der Waals surface area contributed by atoms with Gasteiger partial charge in [0.1, 0.15) is 5.60 Å². The summed E-state index contributed by atoms with van der Waals surface area (Å²) in [7, 11) is -4.13. The smallest absolute Gasteiger partial charge is 0.407 e. The van der Waals surface area contributed by atoms with Gasteiger partial charge in [0, 0.05) is 19.5 Å². The van der Waals surface area contributed by atoms with Gasteiger partial charge in [-0.2, -0.15) is 8.42 Å². The first kappa shape index (κ1) is 23.6. The molecule has 0 spiro atoms. The lowest BCUT2D eigenvalue weighted by molar-refractivity contribution is -0.121. The van der Waals surface area contributed by atoms with Crippen LogP contribution in [0.25, 0.3) is 0 Å². The van der Waals surface area contributed by atoms with Crippen LogP contribution in [0, 0.1) is 0 Å². The Morgan fingerprint density at radius 1 is 0.960 bits per heavy atom. The third-order valence-electron chi connectivity index (χ3n) is 2.44. The zero-order valence-corrected chi connectivity index (χ0v) is 15.7. The molecule has 0 aromatic rings. The Hall–Kier alpha value is -1.43. The van der Waals surface area contributed by atoms with Crippen LogP contribution < -0.4 is 10.6 Å². The minimum absolute atomic E-state index is 0.227. The van der Waals surface area contributed by atoms with Crippen LogP contribution in [-0.4, -0.2) is 75.8 Å². The Morgan fingerprint density at radius 3 is 1.96 bits per heavy atom. The summed E-state index contributed by atoms with van der Waals surface area (Å²) >= 11 is 0. The molecule has 0 radical (unpaired) electrons. The lowest BCUT2D eigenvalue weighted by atomic mass is 10.2. The number of hydrogen-bond donors (Lipinski definition) is 3. The molecular weight excluding hydrogens is 356 g/mol. The number of hydrogen-bond acceptors (Lipinski definition) is 7. The van der Waals surface area contributed by atoms with Crippen LogP contribution in [0.4, 0.5) is 4.79 Å². The van der Waals surface area contributed by atoms with Gasteiger partial charge in [0.05, 0.1) is 32.2 Å². The van der Waals surface area contributed by atoms with Crippen molar-refractivity contribution in [1.82, 2.24) is 10.6 Å². The molecule has 0 heterocycles. The monoisotopic (exact) mass is 384 g/mol. The molecule has 0 fully saturated rings. The van der Waals surface area contributed by atoms with E-state index in [1.54, 1.807) is 20.8 Å². The molecular formula is C14H28N2O8S. The highest BCUT2D eigenvalue weighted by Gasteiger charge is 2.15. The minimum atomic E-state index is -4.13. The van der Waals surface area contributed by atoms with Crippen LogP contribution in [0.15, 0.2) is 0 Å². The number of alkyl carbamates (subject to hydrolysis) is 1. The van der Waals surface area contributed by atoms with Gasteiger partial charge in [0.2, 0.25) is 5.91 Å². The summed E-state index contributed by atoms with van der Waals surface area (Å²) in [5.41, 5.74) is -0.541. The number of rotatable bonds is 12. The van der Waals surface area contributed by atoms with Crippen molar-refractivity contribution in [3.05, 3.63) is 0 Å². The van der Waals surface area contributed by atoms with Gasteiger partial charge < -0.3 is 24.8 Å². The van der Waals surface area contributed by atoms with Crippen molar-refractivity contribution in [1.29, 1.82) is 0 Å². The van der Waals surface area contributed by atoms with E-state index >= 15 is 0 Å². The first-order chi connectivity index (χ1) is 11.5. The fourth-order valence-corrected chi connectivity index (χ4v) is 1.88. The Kier molecular flexibility index (Phi) is 11.3. The van der Waals surface area contributed by atoms with E-state index in [-0.39, 0.29) is 19.6 Å². The summed E-state index contributed by atoms with van der Waals surface area (Å²) in [6, 6.07) is 0. The molecule has 0 saturated heterocycles. The van der Waals surface area contributed by atoms with Gasteiger partial charge in [-0.25, -0.2) is 4.79 Å². The first-order valence-corrected chi connectivity index (χ1v) is 9.45. The Morgan fingerprint density at radius 2 is 1.48 bits per heavy atom. The van der Waals surface area contributed by atoms with Gasteiger partial charge in [-0.15, -0.1) is 0 Å². The fourth-order valence-electron chi connectivity index (χ4n) is 1.43. The number of carbonyl (C=O) groups excluding carboxylic acids is 2. The first-order valence-electron chi connectivity index (χ1n) is 7.84. The van der Waals surface area contributed by atoms with Gasteiger partial charge in [0.25, 0.3) is 10.1 Å². The predicted octanol–water partition coefficient (Wildman–Crippen LogP) is -0.0616. The zero-order chi connectivity index (χ0) is 19.3. The molecule has 25 heavy (non-hydrogen) atoms. The Bertz CT molecular complexity index is 501. The van der Waals surface area contributed by atoms with Crippen LogP contribution in [0.3, 0.4) is 0 Å². The van der Waals surface area contributed by atoms with Gasteiger partial charge in [-0.3, -0.25) is 9.35 Å². The van der Waals surface area contributed by atoms with E-state index < -0.39 is 33.5 Å². The van der Waals surface area contributed by atoms with Gasteiger partial charge >= 0.3 is 6.09 Å². The third-order valence-corrected chi connectivity index (χ3v) is 3.16.